The monoisotopic (exact) mass is 243 g/mol. The van der Waals surface area contributed by atoms with Gasteiger partial charge >= 0.3 is 0 Å². The number of anilines is 2. The van der Waals surface area contributed by atoms with Gasteiger partial charge in [-0.3, -0.25) is 0 Å². The predicted molar refractivity (Wildman–Crippen MR) is 69.0 cm³/mol. The zero-order chi connectivity index (χ0) is 13.0. The minimum Gasteiger partial charge on any atom is -0.409 e. The van der Waals surface area contributed by atoms with Crippen molar-refractivity contribution in [3.63, 3.8) is 0 Å². The molecule has 6 nitrogen and oxygen atoms in total. The SMILES string of the molecule is CN(c1ccccc1)c1nccc(/C(N)=N/O)n1. The molecule has 3 N–H and O–H groups in total. The number of para-hydroxylation sites is 1. The molecule has 0 radical (unpaired) electrons. The van der Waals surface area contributed by atoms with Gasteiger partial charge in [0.15, 0.2) is 5.84 Å². The zero-order valence-electron chi connectivity index (χ0n) is 9.85. The lowest BCUT2D eigenvalue weighted by molar-refractivity contribution is 0.318. The van der Waals surface area contributed by atoms with Crippen LogP contribution in [0.25, 0.3) is 0 Å². The van der Waals surface area contributed by atoms with Crippen LogP contribution in [-0.4, -0.2) is 28.1 Å². The molecule has 0 aliphatic carbocycles. The van der Waals surface area contributed by atoms with Crippen molar-refractivity contribution in [3.8, 4) is 0 Å². The van der Waals surface area contributed by atoms with Gasteiger partial charge in [-0.05, 0) is 18.2 Å². The lowest BCUT2D eigenvalue weighted by Crippen LogP contribution is -2.19. The summed E-state index contributed by atoms with van der Waals surface area (Å²) in [5, 5.41) is 11.5. The molecule has 2 aromatic rings. The van der Waals surface area contributed by atoms with Gasteiger partial charge in [-0.1, -0.05) is 23.4 Å². The molecule has 18 heavy (non-hydrogen) atoms. The third-order valence-corrected chi connectivity index (χ3v) is 2.46. The number of aromatic nitrogens is 2. The van der Waals surface area contributed by atoms with Gasteiger partial charge in [-0.15, -0.1) is 0 Å². The van der Waals surface area contributed by atoms with E-state index >= 15 is 0 Å². The summed E-state index contributed by atoms with van der Waals surface area (Å²) >= 11 is 0. The maximum Gasteiger partial charge on any atom is 0.230 e. The van der Waals surface area contributed by atoms with E-state index in [1.807, 2.05) is 42.3 Å². The summed E-state index contributed by atoms with van der Waals surface area (Å²) in [7, 11) is 1.85. The van der Waals surface area contributed by atoms with Crippen LogP contribution in [-0.2, 0) is 0 Å². The second-order valence-corrected chi connectivity index (χ2v) is 3.62. The molecule has 0 atom stereocenters. The Morgan fingerprint density at radius 1 is 1.28 bits per heavy atom. The summed E-state index contributed by atoms with van der Waals surface area (Å²) in [5.74, 6) is 0.436. The van der Waals surface area contributed by atoms with Crippen LogP contribution >= 0.6 is 0 Å². The molecule has 1 heterocycles. The highest BCUT2D eigenvalue weighted by Gasteiger charge is 2.09. The molecule has 6 heteroatoms. The highest BCUT2D eigenvalue weighted by molar-refractivity contribution is 5.95. The van der Waals surface area contributed by atoms with E-state index in [0.717, 1.165) is 5.69 Å². The molecule has 0 saturated carbocycles. The molecule has 0 amide bonds. The van der Waals surface area contributed by atoms with Crippen LogP contribution in [0.15, 0.2) is 47.8 Å². The molecule has 0 spiro atoms. The van der Waals surface area contributed by atoms with E-state index in [1.165, 1.54) is 0 Å². The molecule has 0 saturated heterocycles. The Hall–Kier alpha value is -2.63. The smallest absolute Gasteiger partial charge is 0.230 e. The molecule has 92 valence electrons. The summed E-state index contributed by atoms with van der Waals surface area (Å²) < 4.78 is 0. The number of benzene rings is 1. The normalized spacial score (nSPS) is 11.3. The van der Waals surface area contributed by atoms with Crippen molar-refractivity contribution in [1.82, 2.24) is 9.97 Å². The van der Waals surface area contributed by atoms with Crippen LogP contribution in [0.4, 0.5) is 11.6 Å². The number of oxime groups is 1. The first-order chi connectivity index (χ1) is 8.72. The lowest BCUT2D eigenvalue weighted by Gasteiger charge is -2.17. The fourth-order valence-corrected chi connectivity index (χ4v) is 1.47. The quantitative estimate of drug-likeness (QED) is 0.367. The lowest BCUT2D eigenvalue weighted by atomic mass is 10.3. The maximum atomic E-state index is 8.62. The van der Waals surface area contributed by atoms with Crippen LogP contribution in [0.3, 0.4) is 0 Å². The number of nitrogens with zero attached hydrogens (tertiary/aromatic N) is 4. The number of nitrogens with two attached hydrogens (primary N) is 1. The van der Waals surface area contributed by atoms with E-state index in [0.29, 0.717) is 11.6 Å². The van der Waals surface area contributed by atoms with E-state index in [4.69, 9.17) is 10.9 Å². The molecule has 0 aliphatic heterocycles. The average Bonchev–Trinajstić information content (AvgIpc) is 2.46. The summed E-state index contributed by atoms with van der Waals surface area (Å²) in [4.78, 5) is 10.2. The summed E-state index contributed by atoms with van der Waals surface area (Å²) in [6.45, 7) is 0. The molecule has 0 bridgehead atoms. The molecule has 0 fully saturated rings. The third kappa shape index (κ3) is 2.37. The Kier molecular flexibility index (Phi) is 3.38. The molecule has 0 aliphatic rings. The van der Waals surface area contributed by atoms with Crippen LogP contribution < -0.4 is 10.6 Å². The molecular formula is C12H13N5O. The molecular weight excluding hydrogens is 230 g/mol. The Morgan fingerprint density at radius 2 is 2.00 bits per heavy atom. The Bertz CT molecular complexity index is 555. The number of rotatable bonds is 3. The Morgan fingerprint density at radius 3 is 2.67 bits per heavy atom. The average molecular weight is 243 g/mol. The largest absolute Gasteiger partial charge is 0.409 e. The minimum absolute atomic E-state index is 0.0416. The minimum atomic E-state index is -0.0416. The van der Waals surface area contributed by atoms with E-state index in [9.17, 15) is 0 Å². The number of amidine groups is 1. The van der Waals surface area contributed by atoms with Crippen LogP contribution in [0.2, 0.25) is 0 Å². The van der Waals surface area contributed by atoms with E-state index in [2.05, 4.69) is 15.1 Å². The number of hydrogen-bond donors (Lipinski definition) is 2. The molecule has 1 aromatic carbocycles. The van der Waals surface area contributed by atoms with Gasteiger partial charge in [0.1, 0.15) is 5.69 Å². The van der Waals surface area contributed by atoms with Gasteiger partial charge in [0.2, 0.25) is 5.95 Å². The van der Waals surface area contributed by atoms with E-state index < -0.39 is 0 Å². The van der Waals surface area contributed by atoms with Crippen molar-refractivity contribution in [3.05, 3.63) is 48.3 Å². The van der Waals surface area contributed by atoms with Crippen molar-refractivity contribution in [1.29, 1.82) is 0 Å². The summed E-state index contributed by atoms with van der Waals surface area (Å²) in [6.07, 6.45) is 1.56. The topological polar surface area (TPSA) is 87.6 Å². The van der Waals surface area contributed by atoms with Gasteiger partial charge in [0.25, 0.3) is 0 Å². The van der Waals surface area contributed by atoms with Gasteiger partial charge in [0, 0.05) is 18.9 Å². The van der Waals surface area contributed by atoms with Crippen molar-refractivity contribution < 1.29 is 5.21 Å². The van der Waals surface area contributed by atoms with Crippen molar-refractivity contribution in [2.24, 2.45) is 10.9 Å². The Labute approximate surface area is 104 Å². The third-order valence-electron chi connectivity index (χ3n) is 2.46. The van der Waals surface area contributed by atoms with Gasteiger partial charge in [-0.2, -0.15) is 0 Å². The first kappa shape index (κ1) is 11.8. The van der Waals surface area contributed by atoms with Crippen LogP contribution in [0.1, 0.15) is 5.69 Å². The fraction of sp³-hybridized carbons (Fsp3) is 0.0833. The van der Waals surface area contributed by atoms with Gasteiger partial charge in [-0.25, -0.2) is 9.97 Å². The molecule has 1 aromatic heterocycles. The van der Waals surface area contributed by atoms with Crippen molar-refractivity contribution >= 4 is 17.5 Å². The first-order valence-corrected chi connectivity index (χ1v) is 5.32. The van der Waals surface area contributed by atoms with E-state index in [-0.39, 0.29) is 5.84 Å². The maximum absolute atomic E-state index is 8.62. The van der Waals surface area contributed by atoms with Crippen LogP contribution in [0, 0.1) is 0 Å². The number of hydrogen-bond acceptors (Lipinski definition) is 5. The van der Waals surface area contributed by atoms with E-state index in [1.54, 1.807) is 12.3 Å². The van der Waals surface area contributed by atoms with Gasteiger partial charge < -0.3 is 15.8 Å². The van der Waals surface area contributed by atoms with Crippen molar-refractivity contribution in [2.45, 2.75) is 0 Å². The fourth-order valence-electron chi connectivity index (χ4n) is 1.47. The van der Waals surface area contributed by atoms with Crippen molar-refractivity contribution in [2.75, 3.05) is 11.9 Å². The Balaban J connectivity index is 2.34. The second kappa shape index (κ2) is 5.13. The molecule has 0 unspecified atom stereocenters. The first-order valence-electron chi connectivity index (χ1n) is 5.32. The predicted octanol–water partition coefficient (Wildman–Crippen LogP) is 1.34. The highest BCUT2D eigenvalue weighted by atomic mass is 16.4. The summed E-state index contributed by atoms with van der Waals surface area (Å²) in [5.41, 5.74) is 6.83. The second-order valence-electron chi connectivity index (χ2n) is 3.62. The van der Waals surface area contributed by atoms with Gasteiger partial charge in [0.05, 0.1) is 0 Å². The van der Waals surface area contributed by atoms with Crippen LogP contribution in [0.5, 0.6) is 0 Å². The zero-order valence-corrected chi connectivity index (χ0v) is 9.85. The standard InChI is InChI=1S/C12H13N5O/c1-17(9-5-3-2-4-6-9)12-14-8-7-10(15-12)11(13)16-18/h2-8,18H,1H3,(H2,13,16). The molecule has 2 rings (SSSR count). The summed E-state index contributed by atoms with van der Waals surface area (Å²) in [6, 6.07) is 11.3. The highest BCUT2D eigenvalue weighted by Crippen LogP contribution is 2.18.